The molecule has 4 nitrogen and oxygen atoms in total. The van der Waals surface area contributed by atoms with Crippen LogP contribution in [0.1, 0.15) is 22.8 Å². The Morgan fingerprint density at radius 3 is 2.83 bits per heavy atom. The zero-order valence-electron chi connectivity index (χ0n) is 10.4. The van der Waals surface area contributed by atoms with Crippen molar-refractivity contribution in [3.8, 4) is 0 Å². The fourth-order valence-corrected chi connectivity index (χ4v) is 1.93. The number of thiocarbonyl (C=S) groups is 1. The maximum absolute atomic E-state index is 5.71. The van der Waals surface area contributed by atoms with Crippen molar-refractivity contribution in [2.75, 3.05) is 5.32 Å². The van der Waals surface area contributed by atoms with E-state index in [4.69, 9.17) is 22.4 Å². The van der Waals surface area contributed by atoms with E-state index in [9.17, 15) is 0 Å². The third-order valence-electron chi connectivity index (χ3n) is 2.62. The summed E-state index contributed by atoms with van der Waals surface area (Å²) < 4.78 is 5.41. The first-order valence-electron chi connectivity index (χ1n) is 5.62. The number of nitrogens with zero attached hydrogens (tertiary/aromatic N) is 1. The van der Waals surface area contributed by atoms with Crippen LogP contribution in [0.25, 0.3) is 0 Å². The van der Waals surface area contributed by atoms with Crippen molar-refractivity contribution >= 4 is 22.9 Å². The van der Waals surface area contributed by atoms with Crippen LogP contribution in [0.5, 0.6) is 0 Å². The van der Waals surface area contributed by atoms with Crippen LogP contribution in [0, 0.1) is 13.8 Å². The summed E-state index contributed by atoms with van der Waals surface area (Å²) >= 11 is 5.04. The van der Waals surface area contributed by atoms with Crippen molar-refractivity contribution in [1.29, 1.82) is 0 Å². The lowest BCUT2D eigenvalue weighted by Crippen LogP contribution is -2.14. The van der Waals surface area contributed by atoms with E-state index >= 15 is 0 Å². The first-order chi connectivity index (χ1) is 8.58. The topological polar surface area (TPSA) is 64.1 Å². The molecule has 0 aliphatic rings. The molecule has 0 aliphatic heterocycles. The molecule has 0 atom stereocenters. The first kappa shape index (κ1) is 12.6. The second-order valence-electron chi connectivity index (χ2n) is 4.08. The number of nitrogens with two attached hydrogens (primary N) is 1. The highest BCUT2D eigenvalue weighted by Crippen LogP contribution is 2.21. The molecule has 0 aliphatic carbocycles. The van der Waals surface area contributed by atoms with Crippen molar-refractivity contribution in [2.24, 2.45) is 5.73 Å². The van der Waals surface area contributed by atoms with E-state index in [2.05, 4.69) is 10.3 Å². The van der Waals surface area contributed by atoms with E-state index in [1.54, 1.807) is 6.20 Å². The lowest BCUT2D eigenvalue weighted by molar-refractivity contribution is 0.479. The molecule has 0 saturated carbocycles. The molecule has 1 aromatic heterocycles. The number of benzene rings is 1. The standard InChI is InChI=1S/C13H15N3OS/c1-8-4-3-5-10(13(14)18)12(8)16-7-11-15-6-9(2)17-11/h3-6,16H,7H2,1-2H3,(H2,14,18). The molecule has 2 aromatic rings. The van der Waals surface area contributed by atoms with Gasteiger partial charge in [0.25, 0.3) is 0 Å². The SMILES string of the molecule is Cc1cnc(CNc2c(C)cccc2C(N)=S)o1. The lowest BCUT2D eigenvalue weighted by Gasteiger charge is -2.12. The molecule has 94 valence electrons. The molecule has 0 bridgehead atoms. The van der Waals surface area contributed by atoms with Gasteiger partial charge in [0.2, 0.25) is 5.89 Å². The van der Waals surface area contributed by atoms with Crippen LogP contribution in [0.4, 0.5) is 5.69 Å². The number of para-hydroxylation sites is 1. The van der Waals surface area contributed by atoms with Gasteiger partial charge in [-0.15, -0.1) is 0 Å². The molecule has 3 N–H and O–H groups in total. The van der Waals surface area contributed by atoms with Gasteiger partial charge >= 0.3 is 0 Å². The van der Waals surface area contributed by atoms with Gasteiger partial charge in [-0.25, -0.2) is 4.98 Å². The Morgan fingerprint density at radius 1 is 1.44 bits per heavy atom. The van der Waals surface area contributed by atoms with Gasteiger partial charge in [0.05, 0.1) is 12.7 Å². The summed E-state index contributed by atoms with van der Waals surface area (Å²) in [6.07, 6.45) is 1.70. The Balaban J connectivity index is 2.20. The minimum Gasteiger partial charge on any atom is -0.444 e. The maximum atomic E-state index is 5.71. The maximum Gasteiger partial charge on any atom is 0.213 e. The largest absolute Gasteiger partial charge is 0.444 e. The Morgan fingerprint density at radius 2 is 2.22 bits per heavy atom. The molecule has 0 saturated heterocycles. The highest BCUT2D eigenvalue weighted by atomic mass is 32.1. The highest BCUT2D eigenvalue weighted by molar-refractivity contribution is 7.80. The second kappa shape index (κ2) is 5.18. The molecule has 0 amide bonds. The fourth-order valence-electron chi connectivity index (χ4n) is 1.75. The monoisotopic (exact) mass is 261 g/mol. The van der Waals surface area contributed by atoms with E-state index < -0.39 is 0 Å². The third kappa shape index (κ3) is 2.68. The number of aromatic nitrogens is 1. The van der Waals surface area contributed by atoms with Gasteiger partial charge in [-0.2, -0.15) is 0 Å². The van der Waals surface area contributed by atoms with Crippen LogP contribution in [0.2, 0.25) is 0 Å². The zero-order chi connectivity index (χ0) is 13.1. The Hall–Kier alpha value is -1.88. The van der Waals surface area contributed by atoms with E-state index in [1.807, 2.05) is 32.0 Å². The van der Waals surface area contributed by atoms with E-state index in [0.29, 0.717) is 17.4 Å². The number of nitrogens with one attached hydrogen (secondary N) is 1. The summed E-state index contributed by atoms with van der Waals surface area (Å²) in [4.78, 5) is 4.52. The van der Waals surface area contributed by atoms with Crippen LogP contribution in [0.15, 0.2) is 28.8 Å². The van der Waals surface area contributed by atoms with Gasteiger partial charge in [0.1, 0.15) is 10.7 Å². The van der Waals surface area contributed by atoms with Crippen molar-refractivity contribution in [3.05, 3.63) is 47.2 Å². The molecule has 0 spiro atoms. The van der Waals surface area contributed by atoms with Gasteiger partial charge in [0, 0.05) is 11.3 Å². The van der Waals surface area contributed by atoms with Crippen molar-refractivity contribution in [1.82, 2.24) is 4.98 Å². The molecule has 0 fully saturated rings. The average molecular weight is 261 g/mol. The summed E-state index contributed by atoms with van der Waals surface area (Å²) in [6, 6.07) is 5.84. The zero-order valence-corrected chi connectivity index (χ0v) is 11.2. The summed E-state index contributed by atoms with van der Waals surface area (Å²) in [6.45, 7) is 4.38. The van der Waals surface area contributed by atoms with Crippen LogP contribution in [-0.4, -0.2) is 9.97 Å². The number of rotatable bonds is 4. The van der Waals surface area contributed by atoms with Crippen molar-refractivity contribution in [2.45, 2.75) is 20.4 Å². The third-order valence-corrected chi connectivity index (χ3v) is 2.84. The highest BCUT2D eigenvalue weighted by Gasteiger charge is 2.08. The minimum absolute atomic E-state index is 0.379. The molecule has 5 heteroatoms. The first-order valence-corrected chi connectivity index (χ1v) is 6.03. The number of hydrogen-bond acceptors (Lipinski definition) is 4. The van der Waals surface area contributed by atoms with Crippen LogP contribution in [-0.2, 0) is 6.54 Å². The van der Waals surface area contributed by atoms with Gasteiger partial charge in [-0.3, -0.25) is 0 Å². The van der Waals surface area contributed by atoms with E-state index in [0.717, 1.165) is 22.6 Å². The minimum atomic E-state index is 0.379. The fraction of sp³-hybridized carbons (Fsp3) is 0.231. The molecule has 0 radical (unpaired) electrons. The second-order valence-corrected chi connectivity index (χ2v) is 4.52. The van der Waals surface area contributed by atoms with Gasteiger partial charge in [0.15, 0.2) is 0 Å². The molecule has 2 rings (SSSR count). The van der Waals surface area contributed by atoms with Gasteiger partial charge in [-0.1, -0.05) is 24.4 Å². The van der Waals surface area contributed by atoms with Gasteiger partial charge < -0.3 is 15.5 Å². The predicted molar refractivity (Wildman–Crippen MR) is 75.6 cm³/mol. The normalized spacial score (nSPS) is 10.3. The van der Waals surface area contributed by atoms with Crippen LogP contribution < -0.4 is 11.1 Å². The number of oxazole rings is 1. The molecular formula is C13H15N3OS. The predicted octanol–water partition coefficient (Wildman–Crippen LogP) is 2.54. The molecule has 18 heavy (non-hydrogen) atoms. The van der Waals surface area contributed by atoms with E-state index in [1.165, 1.54) is 0 Å². The van der Waals surface area contributed by atoms with Crippen LogP contribution in [0.3, 0.4) is 0 Å². The van der Waals surface area contributed by atoms with Crippen LogP contribution >= 0.6 is 12.2 Å². The Bertz CT molecular complexity index is 577. The quantitative estimate of drug-likeness (QED) is 0.828. The summed E-state index contributed by atoms with van der Waals surface area (Å²) in [7, 11) is 0. The molecule has 1 heterocycles. The number of aryl methyl sites for hydroxylation is 2. The van der Waals surface area contributed by atoms with E-state index in [-0.39, 0.29) is 0 Å². The lowest BCUT2D eigenvalue weighted by atomic mass is 10.1. The summed E-state index contributed by atoms with van der Waals surface area (Å²) in [5, 5.41) is 3.27. The Labute approximate surface area is 111 Å². The summed E-state index contributed by atoms with van der Waals surface area (Å²) in [5.41, 5.74) is 8.57. The van der Waals surface area contributed by atoms with Crippen molar-refractivity contribution < 1.29 is 4.42 Å². The van der Waals surface area contributed by atoms with Crippen molar-refractivity contribution in [3.63, 3.8) is 0 Å². The number of anilines is 1. The van der Waals surface area contributed by atoms with Gasteiger partial charge in [-0.05, 0) is 25.5 Å². The average Bonchev–Trinajstić information content (AvgIpc) is 2.73. The summed E-state index contributed by atoms with van der Waals surface area (Å²) in [5.74, 6) is 1.44. The smallest absolute Gasteiger partial charge is 0.213 e. The Kier molecular flexibility index (Phi) is 3.62. The molecule has 0 unspecified atom stereocenters. The number of hydrogen-bond donors (Lipinski definition) is 2. The molecular weight excluding hydrogens is 246 g/mol. The molecule has 1 aromatic carbocycles.